The van der Waals surface area contributed by atoms with Gasteiger partial charge in [-0.3, -0.25) is 14.5 Å². The number of unbranched alkanes of at least 4 members (excludes halogenated alkanes) is 4. The highest BCUT2D eigenvalue weighted by molar-refractivity contribution is 8.26. The number of aliphatic carboxylic acids is 2. The van der Waals surface area contributed by atoms with Crippen LogP contribution in [0.4, 0.5) is 0 Å². The second-order valence-electron chi connectivity index (χ2n) is 8.05. The number of carbonyl (C=O) groups excluding carboxylic acids is 1. The van der Waals surface area contributed by atoms with Crippen LogP contribution in [-0.4, -0.2) is 56.5 Å². The molecule has 186 valence electrons. The van der Waals surface area contributed by atoms with Crippen molar-refractivity contribution in [3.63, 3.8) is 0 Å². The number of carboxylic acids is 2. The summed E-state index contributed by atoms with van der Waals surface area (Å²) in [7, 11) is 1.53. The van der Waals surface area contributed by atoms with E-state index in [0.717, 1.165) is 29.5 Å². The molecule has 0 radical (unpaired) electrons. The average Bonchev–Trinajstić information content (AvgIpc) is 3.05. The minimum Gasteiger partial charge on any atom is -0.493 e. The quantitative estimate of drug-likeness (QED) is 0.204. The third kappa shape index (κ3) is 7.73. The molecule has 1 aliphatic heterocycles. The van der Waals surface area contributed by atoms with Crippen LogP contribution in [0.1, 0.15) is 64.4 Å². The molecule has 0 bridgehead atoms. The molecule has 10 heteroatoms. The maximum atomic E-state index is 12.8. The van der Waals surface area contributed by atoms with Crippen molar-refractivity contribution in [2.45, 2.75) is 70.9 Å². The second-order valence-corrected chi connectivity index (χ2v) is 9.72. The predicted octanol–water partition coefficient (Wildman–Crippen LogP) is 4.95. The summed E-state index contributed by atoms with van der Waals surface area (Å²) in [6.45, 7) is 4.21. The molecule has 2 atom stereocenters. The predicted molar refractivity (Wildman–Crippen MR) is 135 cm³/mol. The fourth-order valence-electron chi connectivity index (χ4n) is 3.54. The number of hydrogen-bond acceptors (Lipinski definition) is 7. The summed E-state index contributed by atoms with van der Waals surface area (Å²) in [5.74, 6) is -2.29. The van der Waals surface area contributed by atoms with E-state index in [-0.39, 0.29) is 15.3 Å². The van der Waals surface area contributed by atoms with Gasteiger partial charge in [-0.2, -0.15) is 0 Å². The molecule has 34 heavy (non-hydrogen) atoms. The number of rotatable bonds is 14. The van der Waals surface area contributed by atoms with Gasteiger partial charge in [-0.25, -0.2) is 4.79 Å². The number of carbonyl (C=O) groups is 3. The first-order chi connectivity index (χ1) is 16.2. The van der Waals surface area contributed by atoms with Crippen LogP contribution in [0, 0.1) is 0 Å². The van der Waals surface area contributed by atoms with Crippen molar-refractivity contribution in [2.24, 2.45) is 0 Å². The van der Waals surface area contributed by atoms with Gasteiger partial charge in [0.2, 0.25) is 0 Å². The van der Waals surface area contributed by atoms with Gasteiger partial charge in [-0.05, 0) is 43.5 Å². The number of ether oxygens (including phenoxy) is 2. The first kappa shape index (κ1) is 27.7. The number of thiocarbonyl (C=S) groups is 1. The van der Waals surface area contributed by atoms with Crippen molar-refractivity contribution in [1.29, 1.82) is 0 Å². The van der Waals surface area contributed by atoms with Crippen molar-refractivity contribution in [1.82, 2.24) is 4.90 Å². The lowest BCUT2D eigenvalue weighted by molar-refractivity contribution is -0.150. The van der Waals surface area contributed by atoms with Crippen molar-refractivity contribution in [3.8, 4) is 11.5 Å². The SMILES string of the molecule is CCCCCCC[C@@H](C)Oc1ccc(/C=C2/SC(=S)N([C@H](CC(=O)O)C(=O)O)C2=O)cc1OC. The largest absolute Gasteiger partial charge is 0.493 e. The molecule has 2 rings (SSSR count). The summed E-state index contributed by atoms with van der Waals surface area (Å²) in [5, 5.41) is 18.4. The molecule has 1 amide bonds. The second kappa shape index (κ2) is 13.3. The standard InChI is InChI=1S/C24H31NO7S2/c1-4-5-6-7-8-9-15(2)32-18-11-10-16(12-19(18)31-3)13-20-22(28)25(24(33)34-20)17(23(29)30)14-21(26)27/h10-13,15,17H,4-9,14H2,1-3H3,(H,26,27)(H,29,30)/b20-13+/t15-,17-/m1/s1. The molecule has 1 heterocycles. The van der Waals surface area contributed by atoms with Crippen molar-refractivity contribution >= 4 is 52.2 Å². The van der Waals surface area contributed by atoms with Gasteiger partial charge in [0, 0.05) is 0 Å². The van der Waals surface area contributed by atoms with Crippen molar-refractivity contribution < 1.29 is 34.1 Å². The van der Waals surface area contributed by atoms with Crippen LogP contribution in [0.2, 0.25) is 0 Å². The Kier molecular flexibility index (Phi) is 10.8. The summed E-state index contributed by atoms with van der Waals surface area (Å²) in [6, 6.07) is 3.69. The third-order valence-corrected chi connectivity index (χ3v) is 6.65. The van der Waals surface area contributed by atoms with Gasteiger partial charge in [0.05, 0.1) is 24.5 Å². The van der Waals surface area contributed by atoms with Crippen LogP contribution in [0.3, 0.4) is 0 Å². The summed E-state index contributed by atoms with van der Waals surface area (Å²) in [6.07, 6.45) is 7.78. The van der Waals surface area contributed by atoms with E-state index >= 15 is 0 Å². The molecule has 1 aromatic carbocycles. The van der Waals surface area contributed by atoms with E-state index in [2.05, 4.69) is 6.92 Å². The molecule has 1 aromatic rings. The number of methoxy groups -OCH3 is 1. The average molecular weight is 510 g/mol. The molecular weight excluding hydrogens is 478 g/mol. The molecular formula is C24H31NO7S2. The molecule has 0 aromatic heterocycles. The maximum Gasteiger partial charge on any atom is 0.327 e. The Hall–Kier alpha value is -2.59. The molecule has 1 saturated heterocycles. The van der Waals surface area contributed by atoms with E-state index in [1.54, 1.807) is 24.3 Å². The van der Waals surface area contributed by atoms with E-state index in [0.29, 0.717) is 17.1 Å². The van der Waals surface area contributed by atoms with E-state index < -0.39 is 30.3 Å². The van der Waals surface area contributed by atoms with Gasteiger partial charge >= 0.3 is 11.9 Å². The molecule has 1 fully saturated rings. The Morgan fingerprint density at radius 2 is 1.88 bits per heavy atom. The topological polar surface area (TPSA) is 113 Å². The lowest BCUT2D eigenvalue weighted by atomic mass is 10.1. The minimum atomic E-state index is -1.57. The number of thioether (sulfide) groups is 1. The van der Waals surface area contributed by atoms with E-state index in [9.17, 15) is 19.5 Å². The molecule has 0 aliphatic carbocycles. The van der Waals surface area contributed by atoms with Gasteiger partial charge < -0.3 is 19.7 Å². The third-order valence-electron chi connectivity index (χ3n) is 5.32. The van der Waals surface area contributed by atoms with E-state index in [1.165, 1.54) is 32.8 Å². The molecule has 0 saturated carbocycles. The summed E-state index contributed by atoms with van der Waals surface area (Å²) in [5.41, 5.74) is 0.641. The Morgan fingerprint density at radius 3 is 2.50 bits per heavy atom. The van der Waals surface area contributed by atoms with Gasteiger partial charge in [0.25, 0.3) is 5.91 Å². The fraction of sp³-hybridized carbons (Fsp3) is 0.500. The zero-order chi connectivity index (χ0) is 25.3. The monoisotopic (exact) mass is 509 g/mol. The zero-order valence-corrected chi connectivity index (χ0v) is 21.2. The van der Waals surface area contributed by atoms with Gasteiger partial charge in [-0.1, -0.05) is 62.7 Å². The number of benzene rings is 1. The van der Waals surface area contributed by atoms with Crippen LogP contribution < -0.4 is 9.47 Å². The number of carboxylic acid groups (broad SMARTS) is 2. The molecule has 8 nitrogen and oxygen atoms in total. The summed E-state index contributed by atoms with van der Waals surface area (Å²) < 4.78 is 11.5. The van der Waals surface area contributed by atoms with Gasteiger partial charge in [-0.15, -0.1) is 0 Å². The lowest BCUT2D eigenvalue weighted by Gasteiger charge is -2.21. The Morgan fingerprint density at radius 1 is 1.18 bits per heavy atom. The Bertz CT molecular complexity index is 947. The van der Waals surface area contributed by atoms with E-state index in [4.69, 9.17) is 26.8 Å². The first-order valence-electron chi connectivity index (χ1n) is 11.2. The molecule has 0 unspecified atom stereocenters. The highest BCUT2D eigenvalue weighted by Gasteiger charge is 2.41. The van der Waals surface area contributed by atoms with Crippen LogP contribution in [0.5, 0.6) is 11.5 Å². The maximum absolute atomic E-state index is 12.8. The number of amides is 1. The van der Waals surface area contributed by atoms with Crippen LogP contribution >= 0.6 is 24.0 Å². The number of hydrogen-bond donors (Lipinski definition) is 2. The van der Waals surface area contributed by atoms with Crippen LogP contribution in [0.15, 0.2) is 23.1 Å². The molecule has 0 spiro atoms. The van der Waals surface area contributed by atoms with Crippen molar-refractivity contribution in [3.05, 3.63) is 28.7 Å². The molecule has 1 aliphatic rings. The number of nitrogens with zero attached hydrogens (tertiary/aromatic N) is 1. The Labute approximate surface area is 209 Å². The Balaban J connectivity index is 2.12. The normalized spacial score (nSPS) is 16.6. The summed E-state index contributed by atoms with van der Waals surface area (Å²) >= 11 is 6.09. The fourth-order valence-corrected chi connectivity index (χ4v) is 4.89. The highest BCUT2D eigenvalue weighted by atomic mass is 32.2. The van der Waals surface area contributed by atoms with E-state index in [1.807, 2.05) is 6.92 Å². The zero-order valence-electron chi connectivity index (χ0n) is 19.6. The first-order valence-corrected chi connectivity index (χ1v) is 12.5. The lowest BCUT2D eigenvalue weighted by Crippen LogP contribution is -2.45. The van der Waals surface area contributed by atoms with Crippen molar-refractivity contribution in [2.75, 3.05) is 7.11 Å². The summed E-state index contributed by atoms with van der Waals surface area (Å²) in [4.78, 5) is 36.4. The van der Waals surface area contributed by atoms with Gasteiger partial charge in [0.15, 0.2) is 11.5 Å². The van der Waals surface area contributed by atoms with Crippen LogP contribution in [-0.2, 0) is 14.4 Å². The molecule has 2 N–H and O–H groups in total. The van der Waals surface area contributed by atoms with Gasteiger partial charge in [0.1, 0.15) is 10.4 Å². The smallest absolute Gasteiger partial charge is 0.327 e. The minimum absolute atomic E-state index is 0.00424. The van der Waals surface area contributed by atoms with Crippen LogP contribution in [0.25, 0.3) is 6.08 Å². The highest BCUT2D eigenvalue weighted by Crippen LogP contribution is 2.36.